The van der Waals surface area contributed by atoms with Crippen LogP contribution in [0.15, 0.2) is 10.5 Å². The molecule has 5 heteroatoms. The maximum Gasteiger partial charge on any atom is 0.342 e. The smallest absolute Gasteiger partial charge is 0.342 e. The molecule has 1 N–H and O–H groups in total. The van der Waals surface area contributed by atoms with Crippen molar-refractivity contribution in [2.45, 2.75) is 6.92 Å². The second-order valence-electron chi connectivity index (χ2n) is 2.70. The predicted octanol–water partition coefficient (Wildman–Crippen LogP) is 2.60. The van der Waals surface area contributed by atoms with Crippen molar-refractivity contribution in [3.63, 3.8) is 0 Å². The molecular formula is C9H8BrFO3. The minimum Gasteiger partial charge on any atom is -0.495 e. The van der Waals surface area contributed by atoms with Crippen molar-refractivity contribution in [1.29, 1.82) is 0 Å². The summed E-state index contributed by atoms with van der Waals surface area (Å²) in [4.78, 5) is 10.8. The molecule has 0 aliphatic heterocycles. The Hall–Kier alpha value is -1.10. The first kappa shape index (κ1) is 11.0. The van der Waals surface area contributed by atoms with Gasteiger partial charge in [-0.3, -0.25) is 0 Å². The highest BCUT2D eigenvalue weighted by Crippen LogP contribution is 2.31. The highest BCUT2D eigenvalue weighted by molar-refractivity contribution is 9.10. The molecule has 76 valence electrons. The van der Waals surface area contributed by atoms with E-state index in [1.54, 1.807) is 6.92 Å². The summed E-state index contributed by atoms with van der Waals surface area (Å²) in [6.07, 6.45) is 0. The Bertz CT molecular complexity index is 390. The zero-order valence-electron chi connectivity index (χ0n) is 7.60. The van der Waals surface area contributed by atoms with Gasteiger partial charge in [-0.05, 0) is 34.5 Å². The molecule has 0 spiro atoms. The Morgan fingerprint density at radius 1 is 1.64 bits per heavy atom. The first-order valence-corrected chi connectivity index (χ1v) is 4.54. The van der Waals surface area contributed by atoms with Crippen molar-refractivity contribution in [3.05, 3.63) is 27.5 Å². The third kappa shape index (κ3) is 1.72. The van der Waals surface area contributed by atoms with Crippen molar-refractivity contribution < 1.29 is 19.0 Å². The standard InChI is InChI=1S/C9H8BrFO3/c1-4-3-5(10)7(11)6(9(12)13)8(4)14-2/h3H,1-2H3,(H,12,13). The van der Waals surface area contributed by atoms with Gasteiger partial charge in [-0.15, -0.1) is 0 Å². The van der Waals surface area contributed by atoms with Crippen LogP contribution in [-0.2, 0) is 0 Å². The van der Waals surface area contributed by atoms with Crippen molar-refractivity contribution >= 4 is 21.9 Å². The first-order valence-electron chi connectivity index (χ1n) is 3.75. The Kier molecular flexibility index (Phi) is 3.10. The summed E-state index contributed by atoms with van der Waals surface area (Å²) in [7, 11) is 1.31. The van der Waals surface area contributed by atoms with Gasteiger partial charge in [0.1, 0.15) is 11.3 Å². The number of aryl methyl sites for hydroxylation is 1. The number of hydrogen-bond acceptors (Lipinski definition) is 2. The van der Waals surface area contributed by atoms with Gasteiger partial charge in [0.2, 0.25) is 0 Å². The summed E-state index contributed by atoms with van der Waals surface area (Å²) in [6.45, 7) is 1.65. The number of carboxylic acid groups (broad SMARTS) is 1. The zero-order chi connectivity index (χ0) is 10.9. The largest absolute Gasteiger partial charge is 0.495 e. The van der Waals surface area contributed by atoms with E-state index < -0.39 is 17.3 Å². The van der Waals surface area contributed by atoms with Crippen LogP contribution in [0, 0.1) is 12.7 Å². The summed E-state index contributed by atoms with van der Waals surface area (Å²) in [5, 5.41) is 8.79. The quantitative estimate of drug-likeness (QED) is 0.892. The Morgan fingerprint density at radius 2 is 2.21 bits per heavy atom. The van der Waals surface area contributed by atoms with E-state index >= 15 is 0 Å². The highest BCUT2D eigenvalue weighted by Gasteiger charge is 2.21. The number of hydrogen-bond donors (Lipinski definition) is 1. The van der Waals surface area contributed by atoms with Crippen LogP contribution in [0.5, 0.6) is 5.75 Å². The number of carbonyl (C=O) groups is 1. The maximum atomic E-state index is 13.4. The van der Waals surface area contributed by atoms with E-state index in [4.69, 9.17) is 9.84 Å². The average molecular weight is 263 g/mol. The number of aromatic carboxylic acids is 1. The highest BCUT2D eigenvalue weighted by atomic mass is 79.9. The van der Waals surface area contributed by atoms with Crippen molar-refractivity contribution in [1.82, 2.24) is 0 Å². The van der Waals surface area contributed by atoms with Gasteiger partial charge in [0.15, 0.2) is 5.82 Å². The minimum absolute atomic E-state index is 0.0539. The number of ether oxygens (including phenoxy) is 1. The van der Waals surface area contributed by atoms with E-state index in [1.807, 2.05) is 0 Å². The van der Waals surface area contributed by atoms with E-state index in [9.17, 15) is 9.18 Å². The first-order chi connectivity index (χ1) is 6.49. The number of rotatable bonds is 2. The van der Waals surface area contributed by atoms with Crippen LogP contribution in [0.1, 0.15) is 15.9 Å². The van der Waals surface area contributed by atoms with Crippen LogP contribution in [0.3, 0.4) is 0 Å². The maximum absolute atomic E-state index is 13.4. The lowest BCUT2D eigenvalue weighted by Gasteiger charge is -2.10. The molecule has 0 aromatic heterocycles. The molecule has 0 aliphatic carbocycles. The summed E-state index contributed by atoms with van der Waals surface area (Å²) < 4.78 is 18.3. The van der Waals surface area contributed by atoms with E-state index in [-0.39, 0.29) is 10.2 Å². The number of halogens is 2. The fourth-order valence-corrected chi connectivity index (χ4v) is 1.73. The van der Waals surface area contributed by atoms with Gasteiger partial charge in [0.05, 0.1) is 11.6 Å². The second kappa shape index (κ2) is 3.96. The van der Waals surface area contributed by atoms with Crippen molar-refractivity contribution in [2.75, 3.05) is 7.11 Å². The van der Waals surface area contributed by atoms with Crippen LogP contribution >= 0.6 is 15.9 Å². The molecular weight excluding hydrogens is 255 g/mol. The molecule has 0 unspecified atom stereocenters. The van der Waals surface area contributed by atoms with Gasteiger partial charge in [-0.25, -0.2) is 9.18 Å². The molecule has 0 bridgehead atoms. The molecule has 14 heavy (non-hydrogen) atoms. The number of methoxy groups -OCH3 is 1. The molecule has 0 heterocycles. The predicted molar refractivity (Wildman–Crippen MR) is 52.3 cm³/mol. The monoisotopic (exact) mass is 262 g/mol. The lowest BCUT2D eigenvalue weighted by Crippen LogP contribution is -2.06. The van der Waals surface area contributed by atoms with Crippen molar-refractivity contribution in [2.24, 2.45) is 0 Å². The third-order valence-corrected chi connectivity index (χ3v) is 2.35. The Morgan fingerprint density at radius 3 is 2.64 bits per heavy atom. The van der Waals surface area contributed by atoms with Crippen LogP contribution < -0.4 is 4.74 Å². The lowest BCUT2D eigenvalue weighted by molar-refractivity contribution is 0.0687. The van der Waals surface area contributed by atoms with Gasteiger partial charge in [-0.2, -0.15) is 0 Å². The topological polar surface area (TPSA) is 46.5 Å². The Labute approximate surface area is 88.6 Å². The van der Waals surface area contributed by atoms with E-state index in [1.165, 1.54) is 13.2 Å². The molecule has 0 atom stereocenters. The Balaban J connectivity index is 3.56. The number of carboxylic acids is 1. The third-order valence-electron chi connectivity index (χ3n) is 1.78. The van der Waals surface area contributed by atoms with E-state index in [2.05, 4.69) is 15.9 Å². The van der Waals surface area contributed by atoms with Gasteiger partial charge < -0.3 is 9.84 Å². The van der Waals surface area contributed by atoms with Gasteiger partial charge in [-0.1, -0.05) is 0 Å². The summed E-state index contributed by atoms with van der Waals surface area (Å²) in [5.74, 6) is -2.11. The zero-order valence-corrected chi connectivity index (χ0v) is 9.18. The fourth-order valence-electron chi connectivity index (χ4n) is 1.19. The lowest BCUT2D eigenvalue weighted by atomic mass is 10.1. The summed E-state index contributed by atoms with van der Waals surface area (Å²) >= 11 is 2.93. The normalized spacial score (nSPS) is 10.0. The molecule has 0 saturated heterocycles. The van der Waals surface area contributed by atoms with E-state index in [0.717, 1.165) is 0 Å². The second-order valence-corrected chi connectivity index (χ2v) is 3.56. The van der Waals surface area contributed by atoms with Crippen LogP contribution in [0.4, 0.5) is 4.39 Å². The van der Waals surface area contributed by atoms with Crippen LogP contribution in [0.2, 0.25) is 0 Å². The molecule has 1 aromatic rings. The number of benzene rings is 1. The molecule has 0 radical (unpaired) electrons. The summed E-state index contributed by atoms with van der Waals surface area (Å²) in [6, 6.07) is 1.47. The molecule has 0 fully saturated rings. The molecule has 0 saturated carbocycles. The fraction of sp³-hybridized carbons (Fsp3) is 0.222. The van der Waals surface area contributed by atoms with Crippen LogP contribution in [-0.4, -0.2) is 18.2 Å². The molecule has 0 amide bonds. The summed E-state index contributed by atoms with van der Waals surface area (Å²) in [5.41, 5.74) is 0.123. The molecule has 0 aliphatic rings. The SMILES string of the molecule is COc1c(C)cc(Br)c(F)c1C(=O)O. The van der Waals surface area contributed by atoms with Gasteiger partial charge in [0, 0.05) is 0 Å². The minimum atomic E-state index is -1.34. The van der Waals surface area contributed by atoms with Gasteiger partial charge >= 0.3 is 5.97 Å². The molecule has 1 rings (SSSR count). The molecule has 3 nitrogen and oxygen atoms in total. The van der Waals surface area contributed by atoms with Gasteiger partial charge in [0.25, 0.3) is 0 Å². The average Bonchev–Trinajstić information content (AvgIpc) is 2.10. The van der Waals surface area contributed by atoms with Crippen LogP contribution in [0.25, 0.3) is 0 Å². The van der Waals surface area contributed by atoms with E-state index in [0.29, 0.717) is 5.56 Å². The molecule has 1 aromatic carbocycles. The van der Waals surface area contributed by atoms with Crippen molar-refractivity contribution in [3.8, 4) is 5.75 Å².